The molecule has 3 rings (SSSR count). The summed E-state index contributed by atoms with van der Waals surface area (Å²) >= 11 is 3.17. The molecule has 0 saturated heterocycles. The van der Waals surface area contributed by atoms with E-state index < -0.39 is 29.4 Å². The van der Waals surface area contributed by atoms with Crippen LogP contribution >= 0.6 is 15.9 Å². The molecule has 0 aliphatic carbocycles. The number of hydrogen-bond acceptors (Lipinski definition) is 5. The van der Waals surface area contributed by atoms with Crippen LogP contribution in [0, 0.1) is 11.6 Å². The van der Waals surface area contributed by atoms with Gasteiger partial charge >= 0.3 is 11.7 Å². The quantitative estimate of drug-likeness (QED) is 0.664. The van der Waals surface area contributed by atoms with Crippen LogP contribution in [-0.4, -0.2) is 21.2 Å². The number of carboxylic acid groups (broad SMARTS) is 1. The molecule has 0 bridgehead atoms. The van der Waals surface area contributed by atoms with Gasteiger partial charge in [0.05, 0.1) is 0 Å². The molecule has 0 aliphatic heterocycles. The minimum atomic E-state index is -1.42. The highest BCUT2D eigenvalue weighted by atomic mass is 79.9. The molecule has 2 N–H and O–H groups in total. The first-order chi connectivity index (χ1) is 12.3. The van der Waals surface area contributed by atoms with Gasteiger partial charge in [0.15, 0.2) is 5.65 Å². The number of fused-ring (bicyclic) bond motifs is 1. The molecule has 26 heavy (non-hydrogen) atoms. The SMILES string of the molecule is O=C(O)N[C@@H](Cc1cc(F)cc(F)c1)c1nc2ncc(Br)cc2c(=O)o1. The highest BCUT2D eigenvalue weighted by Gasteiger charge is 2.22. The Bertz CT molecular complexity index is 1040. The largest absolute Gasteiger partial charge is 0.465 e. The lowest BCUT2D eigenvalue weighted by atomic mass is 10.1. The van der Waals surface area contributed by atoms with E-state index in [1.54, 1.807) is 0 Å². The number of benzene rings is 1. The first-order valence-electron chi connectivity index (χ1n) is 7.22. The molecule has 0 radical (unpaired) electrons. The van der Waals surface area contributed by atoms with Crippen molar-refractivity contribution in [1.82, 2.24) is 15.3 Å². The predicted octanol–water partition coefficient (Wildman–Crippen LogP) is 3.18. The third-order valence-corrected chi connectivity index (χ3v) is 3.86. The fourth-order valence-electron chi connectivity index (χ4n) is 2.41. The van der Waals surface area contributed by atoms with Gasteiger partial charge in [0, 0.05) is 23.2 Å². The van der Waals surface area contributed by atoms with Crippen LogP contribution in [0.2, 0.25) is 0 Å². The normalized spacial score (nSPS) is 12.1. The molecule has 3 aromatic rings. The number of halogens is 3. The van der Waals surface area contributed by atoms with Crippen LogP contribution in [0.25, 0.3) is 11.0 Å². The first-order valence-corrected chi connectivity index (χ1v) is 8.02. The Morgan fingerprint density at radius 2 is 1.96 bits per heavy atom. The van der Waals surface area contributed by atoms with Gasteiger partial charge < -0.3 is 14.8 Å². The summed E-state index contributed by atoms with van der Waals surface area (Å²) in [6.07, 6.45) is -0.181. The second-order valence-corrected chi connectivity index (χ2v) is 6.26. The Labute approximate surface area is 152 Å². The lowest BCUT2D eigenvalue weighted by Gasteiger charge is -2.15. The van der Waals surface area contributed by atoms with Gasteiger partial charge in [-0.15, -0.1) is 0 Å². The first kappa shape index (κ1) is 17.9. The maximum absolute atomic E-state index is 13.4. The molecule has 1 atom stereocenters. The number of pyridine rings is 1. The average molecular weight is 426 g/mol. The van der Waals surface area contributed by atoms with E-state index in [1.165, 1.54) is 12.3 Å². The maximum atomic E-state index is 13.4. The van der Waals surface area contributed by atoms with E-state index in [9.17, 15) is 18.4 Å². The fourth-order valence-corrected chi connectivity index (χ4v) is 2.74. The molecule has 2 aromatic heterocycles. The zero-order chi connectivity index (χ0) is 18.8. The monoisotopic (exact) mass is 425 g/mol. The van der Waals surface area contributed by atoms with Crippen LogP contribution in [0.1, 0.15) is 17.5 Å². The summed E-state index contributed by atoms with van der Waals surface area (Å²) < 4.78 is 32.4. The molecule has 134 valence electrons. The standard InChI is InChI=1S/C16H10BrF2N3O4/c17-8-4-11-13(20-6-8)22-14(26-15(11)23)12(21-16(24)25)3-7-1-9(18)5-10(19)2-7/h1-2,4-6,12,21H,3H2,(H,24,25)/t12-/m0/s1. The van der Waals surface area contributed by atoms with E-state index in [4.69, 9.17) is 9.52 Å². The van der Waals surface area contributed by atoms with Crippen LogP contribution < -0.4 is 10.9 Å². The Hall–Kier alpha value is -2.88. The van der Waals surface area contributed by atoms with Crippen LogP contribution in [0.3, 0.4) is 0 Å². The van der Waals surface area contributed by atoms with E-state index in [-0.39, 0.29) is 28.9 Å². The molecule has 2 heterocycles. The van der Waals surface area contributed by atoms with E-state index in [0.717, 1.165) is 12.1 Å². The Balaban J connectivity index is 2.04. The fraction of sp³-hybridized carbons (Fsp3) is 0.125. The van der Waals surface area contributed by atoms with Crippen LogP contribution in [0.5, 0.6) is 0 Å². The summed E-state index contributed by atoms with van der Waals surface area (Å²) in [5.74, 6) is -1.88. The maximum Gasteiger partial charge on any atom is 0.405 e. The number of amides is 1. The van der Waals surface area contributed by atoms with E-state index in [2.05, 4.69) is 31.2 Å². The van der Waals surface area contributed by atoms with Gasteiger partial charge in [-0.25, -0.2) is 23.4 Å². The lowest BCUT2D eigenvalue weighted by molar-refractivity contribution is 0.186. The van der Waals surface area contributed by atoms with Crippen molar-refractivity contribution in [2.75, 3.05) is 0 Å². The van der Waals surface area contributed by atoms with E-state index in [1.807, 2.05) is 0 Å². The Kier molecular flexibility index (Phi) is 4.94. The van der Waals surface area contributed by atoms with E-state index >= 15 is 0 Å². The van der Waals surface area contributed by atoms with Crippen molar-refractivity contribution >= 4 is 33.1 Å². The van der Waals surface area contributed by atoms with Gasteiger partial charge in [-0.1, -0.05) is 0 Å². The van der Waals surface area contributed by atoms with Crippen LogP contribution in [-0.2, 0) is 6.42 Å². The molecule has 0 aliphatic rings. The molecule has 0 spiro atoms. The molecule has 10 heteroatoms. The van der Waals surface area contributed by atoms with Crippen LogP contribution in [0.4, 0.5) is 13.6 Å². The van der Waals surface area contributed by atoms with Gasteiger partial charge in [-0.3, -0.25) is 0 Å². The molecular weight excluding hydrogens is 416 g/mol. The zero-order valence-electron chi connectivity index (χ0n) is 12.9. The second-order valence-electron chi connectivity index (χ2n) is 5.35. The highest BCUT2D eigenvalue weighted by molar-refractivity contribution is 9.10. The van der Waals surface area contributed by atoms with Gasteiger partial charge in [-0.05, 0) is 39.7 Å². The number of carbonyl (C=O) groups is 1. The van der Waals surface area contributed by atoms with Crippen molar-refractivity contribution in [3.63, 3.8) is 0 Å². The lowest BCUT2D eigenvalue weighted by Crippen LogP contribution is -2.30. The topological polar surface area (TPSA) is 105 Å². The minimum Gasteiger partial charge on any atom is -0.465 e. The van der Waals surface area contributed by atoms with Crippen LogP contribution in [0.15, 0.2) is 44.1 Å². The Morgan fingerprint density at radius 1 is 1.27 bits per heavy atom. The van der Waals surface area contributed by atoms with Crippen molar-refractivity contribution in [2.24, 2.45) is 0 Å². The average Bonchev–Trinajstić information content (AvgIpc) is 2.53. The van der Waals surface area contributed by atoms with Gasteiger partial charge in [0.2, 0.25) is 5.89 Å². The third-order valence-electron chi connectivity index (χ3n) is 3.42. The summed E-state index contributed by atoms with van der Waals surface area (Å²) in [7, 11) is 0. The second kappa shape index (κ2) is 7.16. The van der Waals surface area contributed by atoms with Crippen molar-refractivity contribution < 1.29 is 23.1 Å². The predicted molar refractivity (Wildman–Crippen MR) is 89.7 cm³/mol. The molecule has 7 nitrogen and oxygen atoms in total. The van der Waals surface area contributed by atoms with Crippen molar-refractivity contribution in [2.45, 2.75) is 12.5 Å². The molecular formula is C16H10BrF2N3O4. The molecule has 0 unspecified atom stereocenters. The number of rotatable bonds is 4. The summed E-state index contributed by atoms with van der Waals surface area (Å²) in [6.45, 7) is 0. The molecule has 1 aromatic carbocycles. The van der Waals surface area contributed by atoms with E-state index in [0.29, 0.717) is 10.5 Å². The summed E-state index contributed by atoms with van der Waals surface area (Å²) in [5, 5.41) is 11.3. The van der Waals surface area contributed by atoms with Gasteiger partial charge in [-0.2, -0.15) is 4.98 Å². The van der Waals surface area contributed by atoms with Gasteiger partial charge in [0.25, 0.3) is 0 Å². The molecule has 1 amide bonds. The van der Waals surface area contributed by atoms with Gasteiger partial charge in [0.1, 0.15) is 23.1 Å². The highest BCUT2D eigenvalue weighted by Crippen LogP contribution is 2.20. The third kappa shape index (κ3) is 4.02. The molecule has 0 fully saturated rings. The van der Waals surface area contributed by atoms with Crippen molar-refractivity contribution in [3.8, 4) is 0 Å². The zero-order valence-corrected chi connectivity index (χ0v) is 14.5. The minimum absolute atomic E-state index is 0.0575. The number of nitrogens with zero attached hydrogens (tertiary/aromatic N) is 2. The summed E-state index contributed by atoms with van der Waals surface area (Å²) in [6, 6.07) is 3.12. The molecule has 0 saturated carbocycles. The van der Waals surface area contributed by atoms with Crippen molar-refractivity contribution in [3.05, 3.63) is 68.4 Å². The smallest absolute Gasteiger partial charge is 0.405 e. The number of nitrogens with one attached hydrogen (secondary N) is 1. The summed E-state index contributed by atoms with van der Waals surface area (Å²) in [4.78, 5) is 31.3. The summed E-state index contributed by atoms with van der Waals surface area (Å²) in [5.41, 5.74) is -0.543. The Morgan fingerprint density at radius 3 is 2.62 bits per heavy atom. The van der Waals surface area contributed by atoms with Crippen molar-refractivity contribution in [1.29, 1.82) is 0 Å². The number of aromatic nitrogens is 2. The number of hydrogen-bond donors (Lipinski definition) is 2.